The van der Waals surface area contributed by atoms with E-state index in [0.29, 0.717) is 6.61 Å². The summed E-state index contributed by atoms with van der Waals surface area (Å²) in [5.74, 6) is 5.73. The summed E-state index contributed by atoms with van der Waals surface area (Å²) in [5.41, 5.74) is 0.961. The Labute approximate surface area is 77.8 Å². The van der Waals surface area contributed by atoms with Gasteiger partial charge in [0.25, 0.3) is 0 Å². The van der Waals surface area contributed by atoms with Crippen LogP contribution in [0.5, 0.6) is 0 Å². The number of benzene rings is 1. The molecule has 13 heavy (non-hydrogen) atoms. The first-order chi connectivity index (χ1) is 6.43. The molecular formula is C11H9NO. The predicted molar refractivity (Wildman–Crippen MR) is 49.8 cm³/mol. The second kappa shape index (κ2) is 5.83. The molecule has 2 nitrogen and oxygen atoms in total. The van der Waals surface area contributed by atoms with Crippen molar-refractivity contribution in [3.63, 3.8) is 0 Å². The van der Waals surface area contributed by atoms with Crippen molar-refractivity contribution in [2.24, 2.45) is 0 Å². The van der Waals surface area contributed by atoms with Gasteiger partial charge in [0.1, 0.15) is 13.2 Å². The Morgan fingerprint density at radius 3 is 2.62 bits per heavy atom. The number of nitrogens with zero attached hydrogens (tertiary/aromatic N) is 1. The van der Waals surface area contributed by atoms with Gasteiger partial charge in [-0.15, -0.1) is 0 Å². The van der Waals surface area contributed by atoms with Crippen LogP contribution >= 0.6 is 0 Å². The molecule has 64 valence electrons. The van der Waals surface area contributed by atoms with Crippen LogP contribution in [0.15, 0.2) is 30.3 Å². The zero-order valence-corrected chi connectivity index (χ0v) is 7.16. The largest absolute Gasteiger partial charge is 0.354 e. The van der Waals surface area contributed by atoms with E-state index in [9.17, 15) is 0 Å². The zero-order chi connectivity index (χ0) is 9.36. The van der Waals surface area contributed by atoms with Gasteiger partial charge in [0, 0.05) is 5.56 Å². The second-order valence-electron chi connectivity index (χ2n) is 2.32. The maximum atomic E-state index is 8.16. The molecule has 0 fully saturated rings. The summed E-state index contributed by atoms with van der Waals surface area (Å²) in [6.45, 7) is 0.409. The molecule has 1 aromatic carbocycles. The minimum atomic E-state index is 0.101. The van der Waals surface area contributed by atoms with E-state index in [-0.39, 0.29) is 6.61 Å². The highest BCUT2D eigenvalue weighted by atomic mass is 16.5. The SMILES string of the molecule is N#CCOCC#Cc1ccccc1. The molecule has 0 heterocycles. The quantitative estimate of drug-likeness (QED) is 0.500. The van der Waals surface area contributed by atoms with Crippen LogP contribution in [0.1, 0.15) is 5.56 Å². The van der Waals surface area contributed by atoms with Crippen LogP contribution in [0.2, 0.25) is 0 Å². The summed E-state index contributed by atoms with van der Waals surface area (Å²) in [6, 6.07) is 11.5. The van der Waals surface area contributed by atoms with Gasteiger partial charge in [-0.3, -0.25) is 0 Å². The van der Waals surface area contributed by atoms with Gasteiger partial charge in [-0.1, -0.05) is 30.0 Å². The number of hydrogen-bond donors (Lipinski definition) is 0. The molecule has 0 amide bonds. The molecule has 1 rings (SSSR count). The first-order valence-electron chi connectivity index (χ1n) is 3.92. The molecular weight excluding hydrogens is 162 g/mol. The Morgan fingerprint density at radius 2 is 1.92 bits per heavy atom. The molecule has 0 radical (unpaired) electrons. The average molecular weight is 171 g/mol. The molecule has 1 aromatic rings. The molecule has 0 aromatic heterocycles. The van der Waals surface area contributed by atoms with Gasteiger partial charge in [0.15, 0.2) is 0 Å². The Bertz CT molecular complexity index is 340. The molecule has 2 heteroatoms. The van der Waals surface area contributed by atoms with E-state index in [0.717, 1.165) is 5.56 Å². The average Bonchev–Trinajstić information content (AvgIpc) is 2.19. The van der Waals surface area contributed by atoms with Crippen LogP contribution in [0.4, 0.5) is 0 Å². The Morgan fingerprint density at radius 1 is 1.15 bits per heavy atom. The summed E-state index contributed by atoms with van der Waals surface area (Å²) in [6.07, 6.45) is 0. The van der Waals surface area contributed by atoms with Crippen molar-refractivity contribution < 1.29 is 4.74 Å². The van der Waals surface area contributed by atoms with Crippen LogP contribution in [0.3, 0.4) is 0 Å². The lowest BCUT2D eigenvalue weighted by atomic mass is 10.2. The summed E-state index contributed by atoms with van der Waals surface area (Å²) in [5, 5.41) is 8.16. The minimum Gasteiger partial charge on any atom is -0.354 e. The molecule has 0 N–H and O–H groups in total. The highest BCUT2D eigenvalue weighted by Crippen LogP contribution is 1.94. The monoisotopic (exact) mass is 171 g/mol. The van der Waals surface area contributed by atoms with Crippen LogP contribution in [0, 0.1) is 23.2 Å². The van der Waals surface area contributed by atoms with E-state index in [2.05, 4.69) is 11.8 Å². The van der Waals surface area contributed by atoms with Gasteiger partial charge in [-0.2, -0.15) is 5.26 Å². The van der Waals surface area contributed by atoms with E-state index in [4.69, 9.17) is 10.00 Å². The zero-order valence-electron chi connectivity index (χ0n) is 7.16. The van der Waals surface area contributed by atoms with Crippen LogP contribution in [0.25, 0.3) is 0 Å². The lowest BCUT2D eigenvalue weighted by Gasteiger charge is -1.88. The van der Waals surface area contributed by atoms with E-state index in [1.54, 1.807) is 0 Å². The van der Waals surface area contributed by atoms with Gasteiger partial charge in [-0.25, -0.2) is 0 Å². The molecule has 0 bridgehead atoms. The van der Waals surface area contributed by atoms with Crippen molar-refractivity contribution in [3.05, 3.63) is 35.9 Å². The van der Waals surface area contributed by atoms with E-state index < -0.39 is 0 Å². The Hall–Kier alpha value is -1.77. The number of rotatable bonds is 2. The van der Waals surface area contributed by atoms with Crippen molar-refractivity contribution >= 4 is 0 Å². The molecule has 0 aliphatic rings. The summed E-state index contributed by atoms with van der Waals surface area (Å²) in [7, 11) is 0. The van der Waals surface area contributed by atoms with Crippen molar-refractivity contribution in [2.75, 3.05) is 13.2 Å². The molecule has 0 aliphatic heterocycles. The summed E-state index contributed by atoms with van der Waals surface area (Å²) >= 11 is 0. The molecule has 0 atom stereocenters. The fourth-order valence-electron chi connectivity index (χ4n) is 0.807. The minimum absolute atomic E-state index is 0.101. The molecule has 0 unspecified atom stereocenters. The van der Waals surface area contributed by atoms with Crippen LogP contribution in [-0.4, -0.2) is 13.2 Å². The Balaban J connectivity index is 2.37. The third-order valence-electron chi connectivity index (χ3n) is 1.35. The van der Waals surface area contributed by atoms with Crippen molar-refractivity contribution in [3.8, 4) is 17.9 Å². The first kappa shape index (κ1) is 9.32. The second-order valence-corrected chi connectivity index (χ2v) is 2.32. The van der Waals surface area contributed by atoms with Crippen molar-refractivity contribution in [1.29, 1.82) is 5.26 Å². The van der Waals surface area contributed by atoms with Gasteiger partial charge >= 0.3 is 0 Å². The van der Waals surface area contributed by atoms with E-state index in [1.165, 1.54) is 0 Å². The maximum absolute atomic E-state index is 8.16. The molecule has 0 saturated carbocycles. The molecule has 0 spiro atoms. The highest BCUT2D eigenvalue weighted by Gasteiger charge is 1.81. The molecule has 0 saturated heterocycles. The van der Waals surface area contributed by atoms with Gasteiger partial charge in [-0.05, 0) is 12.1 Å². The predicted octanol–water partition coefficient (Wildman–Crippen LogP) is 1.58. The van der Waals surface area contributed by atoms with Gasteiger partial charge in [0.05, 0.1) is 6.07 Å². The highest BCUT2D eigenvalue weighted by molar-refractivity contribution is 5.33. The molecule has 0 aliphatic carbocycles. The summed E-state index contributed by atoms with van der Waals surface area (Å²) in [4.78, 5) is 0. The number of ether oxygens (including phenoxy) is 1. The fraction of sp³-hybridized carbons (Fsp3) is 0.182. The smallest absolute Gasteiger partial charge is 0.134 e. The lowest BCUT2D eigenvalue weighted by molar-refractivity contribution is 0.203. The van der Waals surface area contributed by atoms with Crippen LogP contribution in [-0.2, 0) is 4.74 Å². The van der Waals surface area contributed by atoms with Crippen LogP contribution < -0.4 is 0 Å². The fourth-order valence-corrected chi connectivity index (χ4v) is 0.807. The van der Waals surface area contributed by atoms with Gasteiger partial charge < -0.3 is 4.74 Å². The van der Waals surface area contributed by atoms with E-state index >= 15 is 0 Å². The first-order valence-corrected chi connectivity index (χ1v) is 3.92. The third-order valence-corrected chi connectivity index (χ3v) is 1.35. The number of nitriles is 1. The Kier molecular flexibility index (Phi) is 4.18. The lowest BCUT2D eigenvalue weighted by Crippen LogP contribution is -1.90. The summed E-state index contributed by atoms with van der Waals surface area (Å²) < 4.78 is 4.87. The standard InChI is InChI=1S/C11H9NO/c12-8-10-13-9-4-7-11-5-2-1-3-6-11/h1-3,5-6H,9-10H2. The van der Waals surface area contributed by atoms with Crippen molar-refractivity contribution in [1.82, 2.24) is 0 Å². The van der Waals surface area contributed by atoms with E-state index in [1.807, 2.05) is 36.4 Å². The topological polar surface area (TPSA) is 33.0 Å². The van der Waals surface area contributed by atoms with Crippen molar-refractivity contribution in [2.45, 2.75) is 0 Å². The third kappa shape index (κ3) is 3.96. The van der Waals surface area contributed by atoms with Gasteiger partial charge in [0.2, 0.25) is 0 Å². The number of hydrogen-bond acceptors (Lipinski definition) is 2. The maximum Gasteiger partial charge on any atom is 0.134 e. The normalized spacial score (nSPS) is 8.23.